The van der Waals surface area contributed by atoms with Crippen molar-refractivity contribution >= 4 is 14.2 Å². The Balaban J connectivity index is 2.73. The normalized spacial score (nSPS) is 24.5. The molecule has 3 nitrogen and oxygen atoms in total. The number of carbonyl (C=O) groups is 1. The minimum atomic E-state index is -1.34. The second-order valence-electron chi connectivity index (χ2n) is 4.85. The van der Waals surface area contributed by atoms with Crippen LogP contribution in [0.1, 0.15) is 19.3 Å². The third kappa shape index (κ3) is 2.46. The topological polar surface area (TPSA) is 40.5 Å². The van der Waals surface area contributed by atoms with Gasteiger partial charge in [0.2, 0.25) is 0 Å². The highest BCUT2D eigenvalue weighted by atomic mass is 28.3. The zero-order chi connectivity index (χ0) is 10.1. The van der Waals surface area contributed by atoms with Crippen molar-refractivity contribution in [3.05, 3.63) is 0 Å². The maximum atomic E-state index is 11.0. The summed E-state index contributed by atoms with van der Waals surface area (Å²) >= 11 is 0. The van der Waals surface area contributed by atoms with Crippen molar-refractivity contribution in [3.63, 3.8) is 0 Å². The van der Waals surface area contributed by atoms with Crippen LogP contribution in [0.3, 0.4) is 0 Å². The van der Waals surface area contributed by atoms with Gasteiger partial charge in [-0.1, -0.05) is 19.6 Å². The van der Waals surface area contributed by atoms with Crippen LogP contribution in [0.5, 0.6) is 0 Å². The van der Waals surface area contributed by atoms with Crippen molar-refractivity contribution in [1.29, 1.82) is 0 Å². The number of likely N-dealkylation sites (tertiary alicyclic amines) is 1. The Hall–Kier alpha value is -0.513. The molecule has 76 valence electrons. The summed E-state index contributed by atoms with van der Waals surface area (Å²) in [6.07, 6.45) is 2.57. The smallest absolute Gasteiger partial charge is 0.407 e. The molecule has 1 N–H and O–H groups in total. The second-order valence-corrected chi connectivity index (χ2v) is 10.3. The van der Waals surface area contributed by atoms with Gasteiger partial charge < -0.3 is 10.0 Å². The van der Waals surface area contributed by atoms with Gasteiger partial charge in [0, 0.05) is 12.2 Å². The number of nitrogens with zero attached hydrogens (tertiary/aromatic N) is 1. The van der Waals surface area contributed by atoms with Gasteiger partial charge in [-0.2, -0.15) is 0 Å². The molecular formula is C9H19NO2Si. The van der Waals surface area contributed by atoms with E-state index in [9.17, 15) is 4.79 Å². The molecule has 1 heterocycles. The molecular weight excluding hydrogens is 182 g/mol. The molecule has 0 aromatic carbocycles. The van der Waals surface area contributed by atoms with Crippen LogP contribution >= 0.6 is 0 Å². The second kappa shape index (κ2) is 3.70. The number of hydrogen-bond acceptors (Lipinski definition) is 1. The SMILES string of the molecule is C[Si](C)(C)C1CCCCN1C(=O)O. The van der Waals surface area contributed by atoms with E-state index in [1.54, 1.807) is 4.90 Å². The lowest BCUT2D eigenvalue weighted by molar-refractivity contribution is 0.124. The molecule has 1 amide bonds. The zero-order valence-electron chi connectivity index (χ0n) is 8.71. The summed E-state index contributed by atoms with van der Waals surface area (Å²) in [4.78, 5) is 12.6. The van der Waals surface area contributed by atoms with E-state index < -0.39 is 14.2 Å². The number of amides is 1. The highest BCUT2D eigenvalue weighted by Gasteiger charge is 2.36. The van der Waals surface area contributed by atoms with Crippen molar-refractivity contribution in [2.75, 3.05) is 6.54 Å². The monoisotopic (exact) mass is 201 g/mol. The van der Waals surface area contributed by atoms with Gasteiger partial charge >= 0.3 is 6.09 Å². The quantitative estimate of drug-likeness (QED) is 0.662. The van der Waals surface area contributed by atoms with Gasteiger partial charge in [0.25, 0.3) is 0 Å². The predicted octanol–water partition coefficient (Wildman–Crippen LogP) is 2.40. The average Bonchev–Trinajstić information content (AvgIpc) is 2.03. The summed E-state index contributed by atoms with van der Waals surface area (Å²) in [5.74, 6) is 0. The molecule has 0 aromatic heterocycles. The van der Waals surface area contributed by atoms with Crippen LogP contribution in [-0.2, 0) is 0 Å². The van der Waals surface area contributed by atoms with E-state index in [1.807, 2.05) is 0 Å². The number of piperidine rings is 1. The van der Waals surface area contributed by atoms with E-state index in [4.69, 9.17) is 5.11 Å². The van der Waals surface area contributed by atoms with Gasteiger partial charge in [-0.25, -0.2) is 4.79 Å². The number of hydrogen-bond donors (Lipinski definition) is 1. The average molecular weight is 201 g/mol. The van der Waals surface area contributed by atoms with Gasteiger partial charge in [-0.3, -0.25) is 0 Å². The van der Waals surface area contributed by atoms with Gasteiger partial charge in [0.1, 0.15) is 0 Å². The van der Waals surface area contributed by atoms with E-state index in [0.717, 1.165) is 19.4 Å². The number of carboxylic acid groups (broad SMARTS) is 1. The first-order valence-corrected chi connectivity index (χ1v) is 8.50. The van der Waals surface area contributed by atoms with Crippen molar-refractivity contribution in [2.45, 2.75) is 44.6 Å². The zero-order valence-corrected chi connectivity index (χ0v) is 9.71. The summed E-state index contributed by atoms with van der Waals surface area (Å²) < 4.78 is 0. The van der Waals surface area contributed by atoms with Crippen molar-refractivity contribution < 1.29 is 9.90 Å². The van der Waals surface area contributed by atoms with E-state index >= 15 is 0 Å². The first-order valence-electron chi connectivity index (χ1n) is 4.92. The molecule has 0 spiro atoms. The first-order chi connectivity index (χ1) is 5.93. The van der Waals surface area contributed by atoms with Crippen LogP contribution in [0.15, 0.2) is 0 Å². The molecule has 0 aromatic rings. The molecule has 0 bridgehead atoms. The molecule has 0 aliphatic carbocycles. The summed E-state index contributed by atoms with van der Waals surface area (Å²) in [7, 11) is -1.34. The molecule has 1 saturated heterocycles. The molecule has 1 rings (SSSR count). The Labute approximate surface area is 80.7 Å². The summed E-state index contributed by atoms with van der Waals surface area (Å²) in [6, 6.07) is 0. The summed E-state index contributed by atoms with van der Waals surface area (Å²) in [5.41, 5.74) is 0.332. The maximum Gasteiger partial charge on any atom is 0.407 e. The van der Waals surface area contributed by atoms with Gasteiger partial charge in [0.15, 0.2) is 0 Å². The van der Waals surface area contributed by atoms with Crippen molar-refractivity contribution in [1.82, 2.24) is 4.90 Å². The fourth-order valence-corrected chi connectivity index (χ4v) is 4.31. The van der Waals surface area contributed by atoms with Crippen molar-refractivity contribution in [2.24, 2.45) is 0 Å². The Kier molecular flexibility index (Phi) is 3.00. The number of rotatable bonds is 1. The van der Waals surface area contributed by atoms with Crippen LogP contribution in [0, 0.1) is 0 Å². The largest absolute Gasteiger partial charge is 0.465 e. The Bertz CT molecular complexity index is 200. The first kappa shape index (κ1) is 10.6. The molecule has 4 heteroatoms. The van der Waals surface area contributed by atoms with Crippen LogP contribution in [-0.4, -0.2) is 36.4 Å². The highest BCUT2D eigenvalue weighted by molar-refractivity contribution is 6.77. The Morgan fingerprint density at radius 1 is 1.38 bits per heavy atom. The van der Waals surface area contributed by atoms with Gasteiger partial charge in [-0.05, 0) is 19.3 Å². The Morgan fingerprint density at radius 2 is 2.00 bits per heavy atom. The lowest BCUT2D eigenvalue weighted by atomic mass is 10.1. The maximum absolute atomic E-state index is 11.0. The van der Waals surface area contributed by atoms with E-state index in [1.165, 1.54) is 6.42 Å². The lowest BCUT2D eigenvalue weighted by Gasteiger charge is -2.40. The van der Waals surface area contributed by atoms with Crippen LogP contribution in [0.4, 0.5) is 4.79 Å². The molecule has 13 heavy (non-hydrogen) atoms. The minimum Gasteiger partial charge on any atom is -0.465 e. The fraction of sp³-hybridized carbons (Fsp3) is 0.889. The summed E-state index contributed by atoms with van der Waals surface area (Å²) in [5, 5.41) is 9.02. The predicted molar refractivity (Wildman–Crippen MR) is 55.7 cm³/mol. The summed E-state index contributed by atoms with van der Waals surface area (Å²) in [6.45, 7) is 7.49. The lowest BCUT2D eigenvalue weighted by Crippen LogP contribution is -2.55. The van der Waals surface area contributed by atoms with Gasteiger partial charge in [0.05, 0.1) is 8.07 Å². The van der Waals surface area contributed by atoms with Gasteiger partial charge in [-0.15, -0.1) is 0 Å². The molecule has 1 aliphatic rings. The van der Waals surface area contributed by atoms with E-state index in [-0.39, 0.29) is 0 Å². The minimum absolute atomic E-state index is 0.332. The van der Waals surface area contributed by atoms with Crippen LogP contribution < -0.4 is 0 Å². The third-order valence-electron chi connectivity index (χ3n) is 2.75. The molecule has 0 radical (unpaired) electrons. The van der Waals surface area contributed by atoms with Crippen LogP contribution in [0.2, 0.25) is 19.6 Å². The Morgan fingerprint density at radius 3 is 2.38 bits per heavy atom. The standard InChI is InChI=1S/C9H19NO2Si/c1-13(2,3)8-6-4-5-7-10(8)9(11)12/h8H,4-7H2,1-3H3,(H,11,12). The van der Waals surface area contributed by atoms with Crippen molar-refractivity contribution in [3.8, 4) is 0 Å². The molecule has 0 saturated carbocycles. The highest BCUT2D eigenvalue weighted by Crippen LogP contribution is 2.24. The third-order valence-corrected chi connectivity index (χ3v) is 5.35. The molecule has 1 fully saturated rings. The molecule has 1 aliphatic heterocycles. The van der Waals surface area contributed by atoms with Crippen LogP contribution in [0.25, 0.3) is 0 Å². The van der Waals surface area contributed by atoms with E-state index in [0.29, 0.717) is 5.67 Å². The fourth-order valence-electron chi connectivity index (χ4n) is 2.06. The molecule has 1 atom stereocenters. The molecule has 1 unspecified atom stereocenters. The van der Waals surface area contributed by atoms with E-state index in [2.05, 4.69) is 19.6 Å².